The minimum Gasteiger partial charge on any atom is -0.352 e. The molecule has 1 saturated carbocycles. The molecule has 0 bridgehead atoms. The lowest BCUT2D eigenvalue weighted by Gasteiger charge is -2.43. The number of fused-ring (bicyclic) bond motifs is 1. The molecule has 3 aromatic rings. The van der Waals surface area contributed by atoms with E-state index in [-0.39, 0.29) is 11.4 Å². The first-order chi connectivity index (χ1) is 12.2. The van der Waals surface area contributed by atoms with Gasteiger partial charge < -0.3 is 9.80 Å². The highest BCUT2D eigenvalue weighted by Gasteiger charge is 2.52. The number of piperazine rings is 1. The first kappa shape index (κ1) is 15.0. The van der Waals surface area contributed by atoms with E-state index in [0.29, 0.717) is 0 Å². The number of aromatic amines is 1. The Labute approximate surface area is 149 Å². The third kappa shape index (κ3) is 2.35. The minimum absolute atomic E-state index is 0.0651. The zero-order chi connectivity index (χ0) is 17.0. The number of anilines is 2. The predicted octanol–water partition coefficient (Wildman–Crippen LogP) is 3.61. The van der Waals surface area contributed by atoms with Crippen molar-refractivity contribution in [3.05, 3.63) is 47.4 Å². The zero-order valence-corrected chi connectivity index (χ0v) is 14.3. The number of H-pyrrole nitrogens is 1. The molecule has 2 aromatic heterocycles. The topological polar surface area (TPSA) is 48.0 Å². The van der Waals surface area contributed by atoms with Crippen LogP contribution in [0.4, 0.5) is 16.0 Å². The Kier molecular flexibility index (Phi) is 3.19. The summed E-state index contributed by atoms with van der Waals surface area (Å²) in [6, 6.07) is 9.05. The van der Waals surface area contributed by atoms with E-state index in [9.17, 15) is 4.39 Å². The number of nitrogens with one attached hydrogen (secondary N) is 1. The molecule has 1 aliphatic carbocycles. The predicted molar refractivity (Wildman–Crippen MR) is 96.8 cm³/mol. The van der Waals surface area contributed by atoms with E-state index in [0.717, 1.165) is 60.0 Å². The molecule has 1 aromatic carbocycles. The number of aromatic nitrogens is 3. The second-order valence-corrected chi connectivity index (χ2v) is 7.25. The van der Waals surface area contributed by atoms with Gasteiger partial charge in [0.2, 0.25) is 0 Å². The summed E-state index contributed by atoms with van der Waals surface area (Å²) in [5.74, 6) is 1.46. The van der Waals surface area contributed by atoms with Gasteiger partial charge >= 0.3 is 0 Å². The molecule has 1 N–H and O–H groups in total. The highest BCUT2D eigenvalue weighted by molar-refractivity contribution is 6.36. The van der Waals surface area contributed by atoms with Crippen molar-refractivity contribution in [1.29, 1.82) is 0 Å². The summed E-state index contributed by atoms with van der Waals surface area (Å²) in [6.07, 6.45) is 3.51. The van der Waals surface area contributed by atoms with Crippen molar-refractivity contribution in [2.75, 3.05) is 29.4 Å². The molecule has 5 nitrogen and oxygen atoms in total. The van der Waals surface area contributed by atoms with E-state index in [1.807, 2.05) is 18.2 Å². The molecule has 0 amide bonds. The first-order valence-electron chi connectivity index (χ1n) is 8.43. The molecule has 2 fully saturated rings. The Morgan fingerprint density at radius 1 is 1.16 bits per heavy atom. The van der Waals surface area contributed by atoms with Crippen LogP contribution in [0.25, 0.3) is 10.9 Å². The molecule has 2 aliphatic rings. The molecule has 25 heavy (non-hydrogen) atoms. The lowest BCUT2D eigenvalue weighted by atomic mass is 10.1. The Morgan fingerprint density at radius 2 is 2.04 bits per heavy atom. The van der Waals surface area contributed by atoms with Crippen molar-refractivity contribution >= 4 is 34.1 Å². The van der Waals surface area contributed by atoms with Crippen molar-refractivity contribution in [2.45, 2.75) is 18.4 Å². The number of hydrogen-bond donors (Lipinski definition) is 1. The summed E-state index contributed by atoms with van der Waals surface area (Å²) in [7, 11) is 0. The Balaban J connectivity index is 1.48. The third-order valence-electron chi connectivity index (χ3n) is 5.29. The van der Waals surface area contributed by atoms with Crippen LogP contribution in [-0.4, -0.2) is 40.4 Å². The fraction of sp³-hybridized carbons (Fsp3) is 0.333. The van der Waals surface area contributed by atoms with Gasteiger partial charge in [0.25, 0.3) is 0 Å². The summed E-state index contributed by atoms with van der Waals surface area (Å²) in [5.41, 5.74) is 1.02. The van der Waals surface area contributed by atoms with Gasteiger partial charge in [0.1, 0.15) is 11.6 Å². The summed E-state index contributed by atoms with van der Waals surface area (Å²) < 4.78 is 13.1. The monoisotopic (exact) mass is 357 g/mol. The lowest BCUT2D eigenvalue weighted by molar-refractivity contribution is 0.502. The molecule has 0 unspecified atom stereocenters. The number of hydrogen-bond acceptors (Lipinski definition) is 4. The summed E-state index contributed by atoms with van der Waals surface area (Å²) in [5, 5.41) is 9.37. The lowest BCUT2D eigenvalue weighted by Crippen LogP contribution is -2.55. The quantitative estimate of drug-likeness (QED) is 0.761. The van der Waals surface area contributed by atoms with Gasteiger partial charge in [0.15, 0.2) is 5.82 Å². The summed E-state index contributed by atoms with van der Waals surface area (Å²) >= 11 is 6.43. The standard InChI is InChI=1S/C18H17ClFN5/c19-13-2-1-3-14-16(13)17(23-22-14)25-9-8-24(11-18(25)6-7-18)15-5-4-12(20)10-21-15/h1-5,10H,6-9,11H2,(H,22,23). The summed E-state index contributed by atoms with van der Waals surface area (Å²) in [6.45, 7) is 2.52. The van der Waals surface area contributed by atoms with Crippen molar-refractivity contribution in [3.8, 4) is 0 Å². The van der Waals surface area contributed by atoms with Gasteiger partial charge in [-0.05, 0) is 37.1 Å². The molecule has 5 rings (SSSR count). The molecule has 0 atom stereocenters. The van der Waals surface area contributed by atoms with Gasteiger partial charge in [-0.3, -0.25) is 5.10 Å². The van der Waals surface area contributed by atoms with Crippen molar-refractivity contribution in [2.24, 2.45) is 0 Å². The highest BCUT2D eigenvalue weighted by atomic mass is 35.5. The second-order valence-electron chi connectivity index (χ2n) is 6.84. The van der Waals surface area contributed by atoms with Crippen LogP contribution in [0.1, 0.15) is 12.8 Å². The minimum atomic E-state index is -0.304. The smallest absolute Gasteiger partial charge is 0.160 e. The van der Waals surface area contributed by atoms with E-state index >= 15 is 0 Å². The molecule has 128 valence electrons. The third-order valence-corrected chi connectivity index (χ3v) is 5.60. The maximum Gasteiger partial charge on any atom is 0.160 e. The Hall–Kier alpha value is -2.34. The number of benzene rings is 1. The average molecular weight is 358 g/mol. The van der Waals surface area contributed by atoms with Crippen LogP contribution in [0.5, 0.6) is 0 Å². The molecular weight excluding hydrogens is 341 g/mol. The van der Waals surface area contributed by atoms with Crippen LogP contribution >= 0.6 is 11.6 Å². The number of pyridine rings is 1. The fourth-order valence-corrected chi connectivity index (χ4v) is 4.10. The average Bonchev–Trinajstić information content (AvgIpc) is 3.23. The van der Waals surface area contributed by atoms with Crippen molar-refractivity contribution < 1.29 is 4.39 Å². The molecule has 1 aliphatic heterocycles. The van der Waals surface area contributed by atoms with Gasteiger partial charge in [0.05, 0.1) is 27.7 Å². The molecule has 1 spiro atoms. The largest absolute Gasteiger partial charge is 0.352 e. The van der Waals surface area contributed by atoms with E-state index < -0.39 is 0 Å². The van der Waals surface area contributed by atoms with Crippen LogP contribution in [0.15, 0.2) is 36.5 Å². The summed E-state index contributed by atoms with van der Waals surface area (Å²) in [4.78, 5) is 8.86. The molecule has 7 heteroatoms. The van der Waals surface area contributed by atoms with Crippen molar-refractivity contribution in [1.82, 2.24) is 15.2 Å². The SMILES string of the molecule is Fc1ccc(N2CCN(c3n[nH]c4cccc(Cl)c34)C3(CC3)C2)nc1. The van der Waals surface area contributed by atoms with Crippen LogP contribution in [0.3, 0.4) is 0 Å². The maximum atomic E-state index is 13.1. The Bertz CT molecular complexity index is 934. The van der Waals surface area contributed by atoms with Crippen LogP contribution in [0.2, 0.25) is 5.02 Å². The second kappa shape index (κ2) is 5.33. The fourth-order valence-electron chi connectivity index (χ4n) is 3.84. The number of halogens is 2. The van der Waals surface area contributed by atoms with E-state index in [2.05, 4.69) is 25.0 Å². The highest BCUT2D eigenvalue weighted by Crippen LogP contribution is 2.48. The van der Waals surface area contributed by atoms with E-state index in [1.165, 1.54) is 12.3 Å². The van der Waals surface area contributed by atoms with Gasteiger partial charge in [-0.1, -0.05) is 17.7 Å². The number of rotatable bonds is 2. The molecule has 1 saturated heterocycles. The van der Waals surface area contributed by atoms with Crippen molar-refractivity contribution in [3.63, 3.8) is 0 Å². The zero-order valence-electron chi connectivity index (χ0n) is 13.5. The normalized spacial score (nSPS) is 19.0. The first-order valence-corrected chi connectivity index (χ1v) is 8.81. The Morgan fingerprint density at radius 3 is 2.80 bits per heavy atom. The van der Waals surface area contributed by atoms with Gasteiger partial charge in [-0.15, -0.1) is 0 Å². The van der Waals surface area contributed by atoms with Crippen LogP contribution in [0, 0.1) is 5.82 Å². The molecule has 0 radical (unpaired) electrons. The van der Waals surface area contributed by atoms with E-state index in [4.69, 9.17) is 11.6 Å². The van der Waals surface area contributed by atoms with Gasteiger partial charge in [0, 0.05) is 19.6 Å². The number of nitrogens with zero attached hydrogens (tertiary/aromatic N) is 4. The van der Waals surface area contributed by atoms with Gasteiger partial charge in [-0.25, -0.2) is 9.37 Å². The maximum absolute atomic E-state index is 13.1. The van der Waals surface area contributed by atoms with Crippen LogP contribution < -0.4 is 9.80 Å². The van der Waals surface area contributed by atoms with Gasteiger partial charge in [-0.2, -0.15) is 5.10 Å². The van der Waals surface area contributed by atoms with Crippen LogP contribution in [-0.2, 0) is 0 Å². The molecule has 3 heterocycles. The van der Waals surface area contributed by atoms with E-state index in [1.54, 1.807) is 6.07 Å². The molecular formula is C18H17ClFN5.